The lowest BCUT2D eigenvalue weighted by atomic mass is 9.73. The first-order valence-electron chi connectivity index (χ1n) is 13.5. The van der Waals surface area contributed by atoms with Gasteiger partial charge in [0.2, 0.25) is 10.0 Å². The number of likely N-dealkylation sites (tertiary alicyclic amines) is 1. The number of nitrogens with zero attached hydrogens (tertiary/aromatic N) is 2. The number of benzene rings is 2. The third-order valence-corrected chi connectivity index (χ3v) is 9.61. The van der Waals surface area contributed by atoms with Gasteiger partial charge in [-0.1, -0.05) is 30.5 Å². The van der Waals surface area contributed by atoms with Crippen LogP contribution in [0.5, 0.6) is 11.5 Å². The number of hydrogen-bond acceptors (Lipinski definition) is 8. The number of carbonyl (C=O) groups excluding carboxylic acids is 2. The average Bonchev–Trinajstić information content (AvgIpc) is 3.43. The summed E-state index contributed by atoms with van der Waals surface area (Å²) in [6, 6.07) is 15.0. The molecule has 1 saturated carbocycles. The highest BCUT2D eigenvalue weighted by atomic mass is 32.2. The van der Waals surface area contributed by atoms with Gasteiger partial charge in [0.1, 0.15) is 30.3 Å². The maximum atomic E-state index is 13.5. The van der Waals surface area contributed by atoms with E-state index in [0.717, 1.165) is 44.3 Å². The molecule has 0 N–H and O–H groups in total. The predicted octanol–water partition coefficient (Wildman–Crippen LogP) is 4.33. The molecular formula is C30H44N2O7S. The van der Waals surface area contributed by atoms with Crippen LogP contribution in [0.15, 0.2) is 53.4 Å². The van der Waals surface area contributed by atoms with Crippen molar-refractivity contribution in [3.63, 3.8) is 0 Å². The molecule has 0 aromatic heterocycles. The van der Waals surface area contributed by atoms with E-state index in [1.807, 2.05) is 31.1 Å². The number of carbonyl (C=O) groups is 2. The zero-order valence-corrected chi connectivity index (χ0v) is 25.2. The molecule has 0 amide bonds. The molecule has 1 aliphatic carbocycles. The summed E-state index contributed by atoms with van der Waals surface area (Å²) in [4.78, 5) is 19.5. The first kappa shape index (κ1) is 33.4. The zero-order valence-electron chi connectivity index (χ0n) is 24.4. The smallest absolute Gasteiger partial charge is 0.245 e. The molecule has 222 valence electrons. The maximum Gasteiger partial charge on any atom is 0.245 e. The third-order valence-electron chi connectivity index (χ3n) is 7.67. The second kappa shape index (κ2) is 15.9. The number of piperidine rings is 1. The van der Waals surface area contributed by atoms with Crippen molar-refractivity contribution < 1.29 is 32.2 Å². The summed E-state index contributed by atoms with van der Waals surface area (Å²) in [6.07, 6.45) is 6.01. The number of hydrogen-bond donors (Lipinski definition) is 0. The summed E-state index contributed by atoms with van der Waals surface area (Å²) < 4.78 is 45.0. The van der Waals surface area contributed by atoms with Gasteiger partial charge in [-0.15, -0.1) is 0 Å². The van der Waals surface area contributed by atoms with Gasteiger partial charge in [-0.3, -0.25) is 0 Å². The Morgan fingerprint density at radius 3 is 2.02 bits per heavy atom. The molecule has 40 heavy (non-hydrogen) atoms. The lowest BCUT2D eigenvalue weighted by Gasteiger charge is -2.54. The quantitative estimate of drug-likeness (QED) is 0.496. The van der Waals surface area contributed by atoms with E-state index in [9.17, 15) is 8.42 Å². The van der Waals surface area contributed by atoms with Crippen LogP contribution in [0.1, 0.15) is 44.6 Å². The van der Waals surface area contributed by atoms with E-state index < -0.39 is 15.7 Å². The fraction of sp³-hybridized carbons (Fsp3) is 0.533. The van der Waals surface area contributed by atoms with E-state index in [4.69, 9.17) is 23.8 Å². The molecule has 3 fully saturated rings. The highest BCUT2D eigenvalue weighted by Gasteiger charge is 2.58. The molecule has 2 aromatic carbocycles. The number of aldehydes is 1. The van der Waals surface area contributed by atoms with Crippen molar-refractivity contribution >= 4 is 23.1 Å². The molecule has 0 bridgehead atoms. The molecule has 3 atom stereocenters. The van der Waals surface area contributed by atoms with Crippen LogP contribution in [-0.2, 0) is 24.3 Å². The average molecular weight is 577 g/mol. The van der Waals surface area contributed by atoms with Crippen LogP contribution >= 0.6 is 0 Å². The Morgan fingerprint density at radius 2 is 1.48 bits per heavy atom. The Hall–Kier alpha value is -2.79. The lowest BCUT2D eigenvalue weighted by molar-refractivity contribution is -0.160. The lowest BCUT2D eigenvalue weighted by Crippen LogP contribution is -2.64. The highest BCUT2D eigenvalue weighted by Crippen LogP contribution is 2.48. The molecule has 1 spiro atoms. The minimum atomic E-state index is -3.61. The van der Waals surface area contributed by atoms with E-state index in [1.54, 1.807) is 42.8 Å². The van der Waals surface area contributed by atoms with Crippen LogP contribution in [-0.4, -0.2) is 83.4 Å². The normalized spacial score (nSPS) is 24.1. The Labute approximate surface area is 239 Å². The Balaban J connectivity index is 0.000000334. The molecule has 2 heterocycles. The standard InChI is InChI=1S/C19H28N2O4S.C8H10O.C2H4O.CH2O/c1-20-12-11-19(17-5-3-4-6-18(17)20)21(13-14-25-19)26(22,23)16-9-7-15(24-2)8-10-16;1-7-3-5-8(9-2)6-4-7;1-2-3;1-2/h7-10,17-18H,3-6,11-14H2,1-2H3;3-6H,1-2H3;2H,1H3;1H2. The van der Waals surface area contributed by atoms with Crippen molar-refractivity contribution in [2.45, 2.75) is 62.6 Å². The van der Waals surface area contributed by atoms with E-state index in [-0.39, 0.29) is 5.92 Å². The van der Waals surface area contributed by atoms with Crippen molar-refractivity contribution in [3.8, 4) is 11.5 Å². The monoisotopic (exact) mass is 576 g/mol. The number of ether oxygens (including phenoxy) is 3. The van der Waals surface area contributed by atoms with Crippen molar-refractivity contribution in [3.05, 3.63) is 54.1 Å². The van der Waals surface area contributed by atoms with Crippen molar-refractivity contribution in [2.75, 3.05) is 41.0 Å². The van der Waals surface area contributed by atoms with Gasteiger partial charge in [-0.05, 0) is 70.1 Å². The van der Waals surface area contributed by atoms with Crippen molar-refractivity contribution in [1.29, 1.82) is 0 Å². The van der Waals surface area contributed by atoms with Crippen LogP contribution in [0.3, 0.4) is 0 Å². The van der Waals surface area contributed by atoms with Gasteiger partial charge in [-0.25, -0.2) is 8.42 Å². The minimum absolute atomic E-state index is 0.241. The zero-order chi connectivity index (χ0) is 29.8. The number of aryl methyl sites for hydroxylation is 1. The van der Waals surface area contributed by atoms with E-state index in [2.05, 4.69) is 18.9 Å². The van der Waals surface area contributed by atoms with Gasteiger partial charge in [-0.2, -0.15) is 4.31 Å². The Bertz CT molecular complexity index is 1140. The summed E-state index contributed by atoms with van der Waals surface area (Å²) in [5.74, 6) is 1.81. The number of sulfonamides is 1. The van der Waals surface area contributed by atoms with Crippen LogP contribution in [0.2, 0.25) is 0 Å². The molecule has 2 aromatic rings. The second-order valence-electron chi connectivity index (χ2n) is 9.89. The van der Waals surface area contributed by atoms with E-state index in [0.29, 0.717) is 29.8 Å². The van der Waals surface area contributed by atoms with Gasteiger partial charge >= 0.3 is 0 Å². The van der Waals surface area contributed by atoms with Crippen LogP contribution < -0.4 is 9.47 Å². The minimum Gasteiger partial charge on any atom is -0.497 e. The van der Waals surface area contributed by atoms with Gasteiger partial charge in [0.05, 0.1) is 25.7 Å². The van der Waals surface area contributed by atoms with Crippen molar-refractivity contribution in [1.82, 2.24) is 9.21 Å². The molecule has 10 heteroatoms. The first-order chi connectivity index (χ1) is 19.2. The molecule has 2 saturated heterocycles. The van der Waals surface area contributed by atoms with Gasteiger partial charge < -0.3 is 28.7 Å². The Kier molecular flexibility index (Phi) is 13.2. The summed E-state index contributed by atoms with van der Waals surface area (Å²) in [5, 5.41) is 0. The molecule has 2 aliphatic heterocycles. The fourth-order valence-corrected chi connectivity index (χ4v) is 7.52. The highest BCUT2D eigenvalue weighted by molar-refractivity contribution is 7.89. The summed E-state index contributed by atoms with van der Waals surface area (Å²) >= 11 is 0. The number of fused-ring (bicyclic) bond motifs is 2. The van der Waals surface area contributed by atoms with Gasteiger partial charge in [0.15, 0.2) is 0 Å². The van der Waals surface area contributed by atoms with E-state index in [1.165, 1.54) is 18.9 Å². The first-order valence-corrected chi connectivity index (χ1v) is 15.0. The predicted molar refractivity (Wildman–Crippen MR) is 155 cm³/mol. The molecule has 0 radical (unpaired) electrons. The van der Waals surface area contributed by atoms with Crippen LogP contribution in [0.4, 0.5) is 0 Å². The molecule has 9 nitrogen and oxygen atoms in total. The molecular weight excluding hydrogens is 532 g/mol. The Morgan fingerprint density at radius 1 is 0.950 bits per heavy atom. The maximum absolute atomic E-state index is 13.5. The van der Waals surface area contributed by atoms with Crippen molar-refractivity contribution in [2.24, 2.45) is 5.92 Å². The third kappa shape index (κ3) is 7.69. The second-order valence-corrected chi connectivity index (χ2v) is 11.8. The summed E-state index contributed by atoms with van der Waals surface area (Å²) in [7, 11) is 1.80. The SMILES string of the molecule is C=O.CC=O.COc1ccc(C)cc1.COc1ccc(S(=O)(=O)N2CCOC23CCN(C)C2CCCCC23)cc1. The van der Waals surface area contributed by atoms with E-state index >= 15 is 0 Å². The number of methoxy groups -OCH3 is 2. The summed E-state index contributed by atoms with van der Waals surface area (Å²) in [6.45, 7) is 7.28. The topological polar surface area (TPSA) is 102 Å². The summed E-state index contributed by atoms with van der Waals surface area (Å²) in [5.41, 5.74) is 0.576. The largest absolute Gasteiger partial charge is 0.497 e. The van der Waals surface area contributed by atoms with Crippen LogP contribution in [0, 0.1) is 12.8 Å². The molecule has 3 unspecified atom stereocenters. The number of rotatable bonds is 4. The fourth-order valence-electron chi connectivity index (χ4n) is 5.78. The molecule has 5 rings (SSSR count). The van der Waals surface area contributed by atoms with Crippen LogP contribution in [0.25, 0.3) is 0 Å². The molecule has 3 aliphatic rings. The van der Waals surface area contributed by atoms with Gasteiger partial charge in [0.25, 0.3) is 0 Å². The van der Waals surface area contributed by atoms with Gasteiger partial charge in [0, 0.05) is 31.5 Å².